The molecule has 2 aromatic carbocycles. The summed E-state index contributed by atoms with van der Waals surface area (Å²) in [5.74, 6) is -0.267. The molecule has 3 N–H and O–H groups in total. The fourth-order valence-electron chi connectivity index (χ4n) is 3.50. The molecule has 1 heterocycles. The van der Waals surface area contributed by atoms with Gasteiger partial charge in [-0.2, -0.15) is 0 Å². The van der Waals surface area contributed by atoms with Crippen molar-refractivity contribution in [2.45, 2.75) is 41.7 Å². The first kappa shape index (κ1) is 22.8. The number of carbonyl (C=O) groups excluding carboxylic acids is 2. The SMILES string of the molecule is CNC(=O)CN(CC1CCc2ccc(S(=O)(=O)c3ccccc3)cc2O1)[C@H](C)C(N)=O. The fourth-order valence-corrected chi connectivity index (χ4v) is 4.80. The highest BCUT2D eigenvalue weighted by atomic mass is 32.2. The Labute approximate surface area is 182 Å². The number of primary amides is 1. The van der Waals surface area contributed by atoms with Gasteiger partial charge in [0, 0.05) is 13.6 Å². The first-order valence-electron chi connectivity index (χ1n) is 10.1. The first-order chi connectivity index (χ1) is 14.7. The van der Waals surface area contributed by atoms with Crippen LogP contribution in [0.15, 0.2) is 58.3 Å². The Kier molecular flexibility index (Phi) is 6.97. The summed E-state index contributed by atoms with van der Waals surface area (Å²) in [4.78, 5) is 25.6. The highest BCUT2D eigenvalue weighted by Gasteiger charge is 2.29. The van der Waals surface area contributed by atoms with E-state index in [0.29, 0.717) is 25.1 Å². The number of nitrogens with two attached hydrogens (primary N) is 1. The van der Waals surface area contributed by atoms with Crippen molar-refractivity contribution >= 4 is 21.7 Å². The van der Waals surface area contributed by atoms with Gasteiger partial charge in [0.2, 0.25) is 21.7 Å². The van der Waals surface area contributed by atoms with Crippen molar-refractivity contribution in [1.29, 1.82) is 0 Å². The molecule has 0 bridgehead atoms. The number of nitrogens with zero attached hydrogens (tertiary/aromatic N) is 1. The second kappa shape index (κ2) is 9.49. The molecule has 3 rings (SSSR count). The van der Waals surface area contributed by atoms with Gasteiger partial charge < -0.3 is 15.8 Å². The molecule has 31 heavy (non-hydrogen) atoms. The lowest BCUT2D eigenvalue weighted by Gasteiger charge is -2.33. The number of carbonyl (C=O) groups is 2. The Hall–Kier alpha value is -2.91. The summed E-state index contributed by atoms with van der Waals surface area (Å²) < 4.78 is 32.0. The van der Waals surface area contributed by atoms with Crippen LogP contribution in [0.4, 0.5) is 0 Å². The summed E-state index contributed by atoms with van der Waals surface area (Å²) >= 11 is 0. The molecular formula is C22H27N3O5S. The third-order valence-electron chi connectivity index (χ3n) is 5.45. The van der Waals surface area contributed by atoms with E-state index in [4.69, 9.17) is 10.5 Å². The molecule has 2 aromatic rings. The van der Waals surface area contributed by atoms with Crippen LogP contribution in [0.25, 0.3) is 0 Å². The van der Waals surface area contributed by atoms with Crippen LogP contribution in [0.3, 0.4) is 0 Å². The fraction of sp³-hybridized carbons (Fsp3) is 0.364. The number of fused-ring (bicyclic) bond motifs is 1. The minimum Gasteiger partial charge on any atom is -0.489 e. The Bertz CT molecular complexity index is 1060. The predicted molar refractivity (Wildman–Crippen MR) is 115 cm³/mol. The number of benzene rings is 2. The summed E-state index contributed by atoms with van der Waals surface area (Å²) in [5, 5.41) is 2.54. The van der Waals surface area contributed by atoms with E-state index in [9.17, 15) is 18.0 Å². The van der Waals surface area contributed by atoms with Crippen molar-refractivity contribution in [3.05, 3.63) is 54.1 Å². The van der Waals surface area contributed by atoms with E-state index in [-0.39, 0.29) is 28.3 Å². The molecule has 0 aromatic heterocycles. The van der Waals surface area contributed by atoms with Gasteiger partial charge in [0.1, 0.15) is 11.9 Å². The highest BCUT2D eigenvalue weighted by molar-refractivity contribution is 7.91. The number of rotatable bonds is 8. The van der Waals surface area contributed by atoms with Gasteiger partial charge in [-0.15, -0.1) is 0 Å². The Morgan fingerprint density at radius 1 is 1.19 bits per heavy atom. The van der Waals surface area contributed by atoms with Gasteiger partial charge in [-0.3, -0.25) is 14.5 Å². The van der Waals surface area contributed by atoms with Crippen LogP contribution < -0.4 is 15.8 Å². The maximum Gasteiger partial charge on any atom is 0.234 e. The molecule has 166 valence electrons. The number of likely N-dealkylation sites (N-methyl/N-ethyl adjacent to an activating group) is 1. The standard InChI is InChI=1S/C22H27N3O5S/c1-15(22(23)27)25(14-21(26)24-2)13-17-10-8-16-9-11-19(12-20(16)30-17)31(28,29)18-6-4-3-5-7-18/h3-7,9,11-12,15,17H,8,10,13-14H2,1-2H3,(H2,23,27)(H,24,26)/t15-,17?/m1/s1. The van der Waals surface area contributed by atoms with Crippen molar-refractivity contribution in [2.24, 2.45) is 5.73 Å². The van der Waals surface area contributed by atoms with Gasteiger partial charge in [0.05, 0.1) is 22.4 Å². The number of aryl methyl sites for hydroxylation is 1. The average molecular weight is 446 g/mol. The van der Waals surface area contributed by atoms with Gasteiger partial charge >= 0.3 is 0 Å². The molecule has 1 aliphatic heterocycles. The first-order valence-corrected chi connectivity index (χ1v) is 11.5. The monoisotopic (exact) mass is 445 g/mol. The van der Waals surface area contributed by atoms with E-state index in [1.54, 1.807) is 60.4 Å². The number of sulfone groups is 1. The van der Waals surface area contributed by atoms with Crippen molar-refractivity contribution in [1.82, 2.24) is 10.2 Å². The zero-order chi connectivity index (χ0) is 22.6. The lowest BCUT2D eigenvalue weighted by atomic mass is 10.0. The second-order valence-corrected chi connectivity index (χ2v) is 9.50. The van der Waals surface area contributed by atoms with Crippen LogP contribution in [0, 0.1) is 0 Å². The molecule has 9 heteroatoms. The van der Waals surface area contributed by atoms with E-state index in [1.165, 1.54) is 7.05 Å². The van der Waals surface area contributed by atoms with Crippen molar-refractivity contribution in [3.8, 4) is 5.75 Å². The Morgan fingerprint density at radius 3 is 2.55 bits per heavy atom. The quantitative estimate of drug-likeness (QED) is 0.629. The van der Waals surface area contributed by atoms with E-state index < -0.39 is 21.8 Å². The molecule has 0 radical (unpaired) electrons. The van der Waals surface area contributed by atoms with E-state index in [2.05, 4.69) is 5.32 Å². The maximum atomic E-state index is 12.9. The smallest absolute Gasteiger partial charge is 0.234 e. The van der Waals surface area contributed by atoms with Gasteiger partial charge in [-0.05, 0) is 49.6 Å². The summed E-state index contributed by atoms with van der Waals surface area (Å²) in [6, 6.07) is 12.5. The van der Waals surface area contributed by atoms with Crippen LogP contribution in [0.1, 0.15) is 18.9 Å². The molecule has 2 amide bonds. The molecule has 0 saturated carbocycles. The van der Waals surface area contributed by atoms with Gasteiger partial charge in [0.15, 0.2) is 0 Å². The Balaban J connectivity index is 1.81. The van der Waals surface area contributed by atoms with E-state index in [0.717, 1.165) is 5.56 Å². The third kappa shape index (κ3) is 5.23. The summed E-state index contributed by atoms with van der Waals surface area (Å²) in [6.45, 7) is 1.97. The highest BCUT2D eigenvalue weighted by Crippen LogP contribution is 2.32. The van der Waals surface area contributed by atoms with Gasteiger partial charge in [-0.1, -0.05) is 24.3 Å². The van der Waals surface area contributed by atoms with Crippen LogP contribution in [0.5, 0.6) is 5.75 Å². The summed E-state index contributed by atoms with van der Waals surface area (Å²) in [5.41, 5.74) is 6.36. The molecule has 1 unspecified atom stereocenters. The second-order valence-electron chi connectivity index (χ2n) is 7.55. The normalized spacial score (nSPS) is 16.8. The molecule has 0 aliphatic carbocycles. The zero-order valence-corrected chi connectivity index (χ0v) is 18.4. The number of nitrogens with one attached hydrogen (secondary N) is 1. The topological polar surface area (TPSA) is 119 Å². The molecule has 0 spiro atoms. The molecule has 2 atom stereocenters. The zero-order valence-electron chi connectivity index (χ0n) is 17.6. The van der Waals surface area contributed by atoms with Crippen LogP contribution in [0.2, 0.25) is 0 Å². The third-order valence-corrected chi connectivity index (χ3v) is 7.22. The summed E-state index contributed by atoms with van der Waals surface area (Å²) in [7, 11) is -2.14. The molecular weight excluding hydrogens is 418 g/mol. The molecule has 1 aliphatic rings. The number of amides is 2. The van der Waals surface area contributed by atoms with Crippen LogP contribution >= 0.6 is 0 Å². The van der Waals surface area contributed by atoms with E-state index >= 15 is 0 Å². The van der Waals surface area contributed by atoms with Crippen LogP contribution in [-0.4, -0.2) is 57.4 Å². The maximum absolute atomic E-state index is 12.9. The predicted octanol–water partition coefficient (Wildman–Crippen LogP) is 1.13. The Morgan fingerprint density at radius 2 is 1.90 bits per heavy atom. The lowest BCUT2D eigenvalue weighted by Crippen LogP contribution is -2.50. The van der Waals surface area contributed by atoms with Crippen molar-refractivity contribution in [3.63, 3.8) is 0 Å². The molecule has 8 nitrogen and oxygen atoms in total. The minimum absolute atomic E-state index is 0.00967. The minimum atomic E-state index is -3.66. The van der Waals surface area contributed by atoms with Gasteiger partial charge in [-0.25, -0.2) is 8.42 Å². The van der Waals surface area contributed by atoms with Crippen LogP contribution in [-0.2, 0) is 25.8 Å². The summed E-state index contributed by atoms with van der Waals surface area (Å²) in [6.07, 6.45) is 1.06. The number of ether oxygens (including phenoxy) is 1. The number of hydrogen-bond acceptors (Lipinski definition) is 6. The number of hydrogen-bond donors (Lipinski definition) is 2. The van der Waals surface area contributed by atoms with Gasteiger partial charge in [0.25, 0.3) is 0 Å². The molecule has 0 fully saturated rings. The lowest BCUT2D eigenvalue weighted by molar-refractivity contribution is -0.126. The average Bonchev–Trinajstić information content (AvgIpc) is 2.77. The van der Waals surface area contributed by atoms with Crippen molar-refractivity contribution in [2.75, 3.05) is 20.1 Å². The van der Waals surface area contributed by atoms with Crippen molar-refractivity contribution < 1.29 is 22.7 Å². The molecule has 0 saturated heterocycles. The van der Waals surface area contributed by atoms with E-state index in [1.807, 2.05) is 0 Å². The largest absolute Gasteiger partial charge is 0.489 e.